The Morgan fingerprint density at radius 3 is 2.21 bits per heavy atom. The lowest BCUT2D eigenvalue weighted by atomic mass is 10.1. The van der Waals surface area contributed by atoms with E-state index in [-0.39, 0.29) is 6.54 Å². The smallest absolute Gasteiger partial charge is 0.362 e. The van der Waals surface area contributed by atoms with Crippen LogP contribution in [0.25, 0.3) is 0 Å². The van der Waals surface area contributed by atoms with Crippen LogP contribution in [0.1, 0.15) is 16.7 Å². The zero-order valence-electron chi connectivity index (χ0n) is 14.1. The number of likely N-dealkylation sites (N-methyl/N-ethyl adjacent to an activating group) is 1. The third-order valence-electron chi connectivity index (χ3n) is 3.24. The summed E-state index contributed by atoms with van der Waals surface area (Å²) in [7, 11) is 1.33. The lowest BCUT2D eigenvalue weighted by Gasteiger charge is -2.18. The molecule has 1 rings (SSSR count). The summed E-state index contributed by atoms with van der Waals surface area (Å²) in [5.41, 5.74) is 3.52. The Morgan fingerprint density at radius 2 is 1.71 bits per heavy atom. The number of halogens is 3. The van der Waals surface area contributed by atoms with Gasteiger partial charge in [-0.15, -0.1) is 0 Å². The number of hydrogen-bond acceptors (Lipinski definition) is 3. The number of carbonyl (C=O) groups is 2. The Kier molecular flexibility index (Phi) is 6.77. The van der Waals surface area contributed by atoms with Gasteiger partial charge in [-0.3, -0.25) is 9.59 Å². The average molecular weight is 346 g/mol. The number of anilines is 1. The fraction of sp³-hybridized carbons (Fsp3) is 0.500. The third kappa shape index (κ3) is 6.57. The number of alkyl halides is 3. The lowest BCUT2D eigenvalue weighted by molar-refractivity contribution is -0.177. The van der Waals surface area contributed by atoms with Crippen molar-refractivity contribution in [2.75, 3.05) is 32.1 Å². The van der Waals surface area contributed by atoms with Gasteiger partial charge in [-0.05, 0) is 31.9 Å². The van der Waals surface area contributed by atoms with Gasteiger partial charge in [0, 0.05) is 12.7 Å². The van der Waals surface area contributed by atoms with Gasteiger partial charge in [-0.1, -0.05) is 17.7 Å². The minimum absolute atomic E-state index is 0.277. The van der Waals surface area contributed by atoms with Crippen LogP contribution in [-0.2, 0) is 14.3 Å². The van der Waals surface area contributed by atoms with Crippen LogP contribution < -0.4 is 5.32 Å². The Labute approximate surface area is 138 Å². The Balaban J connectivity index is 2.54. The molecule has 1 aromatic rings. The van der Waals surface area contributed by atoms with Crippen LogP contribution in [0.15, 0.2) is 12.1 Å². The molecule has 0 bridgehead atoms. The molecule has 0 fully saturated rings. The second-order valence-corrected chi connectivity index (χ2v) is 5.68. The zero-order valence-corrected chi connectivity index (χ0v) is 14.1. The van der Waals surface area contributed by atoms with Crippen LogP contribution in [0.5, 0.6) is 0 Å². The number of ether oxygens (including phenoxy) is 1. The first-order valence-electron chi connectivity index (χ1n) is 7.25. The van der Waals surface area contributed by atoms with E-state index in [0.717, 1.165) is 21.6 Å². The SMILES string of the molecule is Cc1cc(C)c(NC(=O)CN(C)C(=O)COCC(F)(F)F)c(C)c1. The first-order valence-corrected chi connectivity index (χ1v) is 7.25. The topological polar surface area (TPSA) is 58.6 Å². The minimum atomic E-state index is -4.49. The van der Waals surface area contributed by atoms with Crippen LogP contribution >= 0.6 is 0 Å². The molecule has 0 aliphatic rings. The molecular weight excluding hydrogens is 325 g/mol. The van der Waals surface area contributed by atoms with Crippen molar-refractivity contribution in [1.29, 1.82) is 0 Å². The summed E-state index contributed by atoms with van der Waals surface area (Å²) < 4.78 is 40.1. The predicted molar refractivity (Wildman–Crippen MR) is 83.8 cm³/mol. The number of carbonyl (C=O) groups excluding carboxylic acids is 2. The minimum Gasteiger partial charge on any atom is -0.362 e. The first-order chi connectivity index (χ1) is 11.0. The molecule has 0 saturated carbocycles. The molecule has 0 heterocycles. The molecule has 0 aromatic heterocycles. The van der Waals surface area contributed by atoms with Crippen LogP contribution in [0.3, 0.4) is 0 Å². The fourth-order valence-electron chi connectivity index (χ4n) is 2.22. The molecule has 0 aliphatic carbocycles. The second-order valence-electron chi connectivity index (χ2n) is 5.68. The summed E-state index contributed by atoms with van der Waals surface area (Å²) in [6.07, 6.45) is -4.49. The van der Waals surface area contributed by atoms with Crippen molar-refractivity contribution in [2.24, 2.45) is 0 Å². The Hall–Kier alpha value is -2.09. The maximum atomic E-state index is 12.0. The summed E-state index contributed by atoms with van der Waals surface area (Å²) in [5.74, 6) is -1.14. The quantitative estimate of drug-likeness (QED) is 0.861. The summed E-state index contributed by atoms with van der Waals surface area (Å²) >= 11 is 0. The highest BCUT2D eigenvalue weighted by atomic mass is 19.4. The van der Waals surface area contributed by atoms with E-state index in [9.17, 15) is 22.8 Å². The molecule has 0 spiro atoms. The average Bonchev–Trinajstić information content (AvgIpc) is 2.41. The Morgan fingerprint density at radius 1 is 1.17 bits per heavy atom. The number of amides is 2. The molecule has 0 saturated heterocycles. The summed E-state index contributed by atoms with van der Waals surface area (Å²) in [6.45, 7) is 3.15. The van der Waals surface area contributed by atoms with E-state index in [4.69, 9.17) is 0 Å². The molecule has 1 aromatic carbocycles. The van der Waals surface area contributed by atoms with Crippen molar-refractivity contribution in [3.63, 3.8) is 0 Å². The van der Waals surface area contributed by atoms with Crippen LogP contribution in [-0.4, -0.2) is 49.7 Å². The molecule has 0 unspecified atom stereocenters. The van der Waals surface area contributed by atoms with Gasteiger partial charge in [0.25, 0.3) is 0 Å². The van der Waals surface area contributed by atoms with E-state index in [2.05, 4.69) is 10.1 Å². The van der Waals surface area contributed by atoms with Crippen molar-refractivity contribution in [3.8, 4) is 0 Å². The predicted octanol–water partition coefficient (Wildman–Crippen LogP) is 2.59. The van der Waals surface area contributed by atoms with Gasteiger partial charge in [0.15, 0.2) is 0 Å². The largest absolute Gasteiger partial charge is 0.411 e. The van der Waals surface area contributed by atoms with Gasteiger partial charge in [0.05, 0.1) is 6.54 Å². The molecule has 8 heteroatoms. The maximum absolute atomic E-state index is 12.0. The highest BCUT2D eigenvalue weighted by molar-refractivity contribution is 5.95. The first kappa shape index (κ1) is 20.0. The monoisotopic (exact) mass is 346 g/mol. The molecule has 0 aliphatic heterocycles. The highest BCUT2D eigenvalue weighted by Crippen LogP contribution is 2.21. The normalized spacial score (nSPS) is 11.3. The van der Waals surface area contributed by atoms with Crippen molar-refractivity contribution < 1.29 is 27.5 Å². The van der Waals surface area contributed by atoms with E-state index >= 15 is 0 Å². The number of nitrogens with zero attached hydrogens (tertiary/aromatic N) is 1. The van der Waals surface area contributed by atoms with Gasteiger partial charge in [0.1, 0.15) is 13.2 Å². The highest BCUT2D eigenvalue weighted by Gasteiger charge is 2.28. The summed E-state index contributed by atoms with van der Waals surface area (Å²) in [4.78, 5) is 24.7. The van der Waals surface area contributed by atoms with Crippen molar-refractivity contribution in [1.82, 2.24) is 4.90 Å². The van der Waals surface area contributed by atoms with E-state index in [0.29, 0.717) is 5.69 Å². The van der Waals surface area contributed by atoms with E-state index in [1.165, 1.54) is 7.05 Å². The molecule has 24 heavy (non-hydrogen) atoms. The van der Waals surface area contributed by atoms with Gasteiger partial charge in [-0.25, -0.2) is 0 Å². The number of benzene rings is 1. The van der Waals surface area contributed by atoms with E-state index < -0.39 is 31.2 Å². The summed E-state index contributed by atoms with van der Waals surface area (Å²) in [5, 5.41) is 2.72. The van der Waals surface area contributed by atoms with Crippen molar-refractivity contribution >= 4 is 17.5 Å². The zero-order chi connectivity index (χ0) is 18.5. The standard InChI is InChI=1S/C16H21F3N2O3/c1-10-5-11(2)15(12(3)6-10)20-13(22)7-21(4)14(23)8-24-9-16(17,18)19/h5-6H,7-9H2,1-4H3,(H,20,22). The number of aryl methyl sites for hydroxylation is 3. The van der Waals surface area contributed by atoms with Crippen LogP contribution in [0.4, 0.5) is 18.9 Å². The number of rotatable bonds is 6. The van der Waals surface area contributed by atoms with Crippen LogP contribution in [0, 0.1) is 20.8 Å². The molecule has 0 atom stereocenters. The molecule has 0 radical (unpaired) electrons. The lowest BCUT2D eigenvalue weighted by Crippen LogP contribution is -2.37. The van der Waals surface area contributed by atoms with E-state index in [1.54, 1.807) is 0 Å². The van der Waals surface area contributed by atoms with Gasteiger partial charge >= 0.3 is 6.18 Å². The van der Waals surface area contributed by atoms with Crippen LogP contribution in [0.2, 0.25) is 0 Å². The van der Waals surface area contributed by atoms with Crippen molar-refractivity contribution in [3.05, 3.63) is 28.8 Å². The molecule has 134 valence electrons. The molecule has 5 nitrogen and oxygen atoms in total. The number of nitrogens with one attached hydrogen (secondary N) is 1. The van der Waals surface area contributed by atoms with E-state index in [1.807, 2.05) is 32.9 Å². The third-order valence-corrected chi connectivity index (χ3v) is 3.24. The van der Waals surface area contributed by atoms with Crippen molar-refractivity contribution in [2.45, 2.75) is 26.9 Å². The van der Waals surface area contributed by atoms with Gasteiger partial charge < -0.3 is 15.0 Å². The second kappa shape index (κ2) is 8.14. The fourth-order valence-corrected chi connectivity index (χ4v) is 2.22. The molecular formula is C16H21F3N2O3. The Bertz CT molecular complexity index is 592. The number of hydrogen-bond donors (Lipinski definition) is 1. The maximum Gasteiger partial charge on any atom is 0.411 e. The summed E-state index contributed by atoms with van der Waals surface area (Å²) in [6, 6.07) is 3.84. The van der Waals surface area contributed by atoms with Gasteiger partial charge in [-0.2, -0.15) is 13.2 Å². The molecule has 1 N–H and O–H groups in total. The van der Waals surface area contributed by atoms with Gasteiger partial charge in [0.2, 0.25) is 11.8 Å². The molecule has 2 amide bonds.